The molecule has 4 aliphatic heterocycles. The Balaban J connectivity index is 1.20. The molecule has 10 aromatic rings. The van der Waals surface area contributed by atoms with Crippen molar-refractivity contribution in [3.63, 3.8) is 0 Å². The van der Waals surface area contributed by atoms with Crippen LogP contribution in [0.5, 0.6) is 0 Å². The third kappa shape index (κ3) is 3.48. The molecule has 3 nitrogen and oxygen atoms in total. The molecule has 8 aromatic carbocycles. The molecule has 0 aliphatic carbocycles. The molecule has 0 saturated heterocycles. The van der Waals surface area contributed by atoms with Crippen LogP contribution in [-0.4, -0.2) is 19.4 Å². The van der Waals surface area contributed by atoms with Crippen molar-refractivity contribution in [3.8, 4) is 33.4 Å². The summed E-state index contributed by atoms with van der Waals surface area (Å²) in [6.07, 6.45) is 0. The van der Waals surface area contributed by atoms with E-state index in [2.05, 4.69) is 188 Å². The van der Waals surface area contributed by atoms with Gasteiger partial charge in [-0.05, 0) is 128 Å². The predicted molar refractivity (Wildman–Crippen MR) is 246 cm³/mol. The summed E-state index contributed by atoms with van der Waals surface area (Å²) in [5.41, 5.74) is 22.8. The first-order valence-corrected chi connectivity index (χ1v) is 22.5. The van der Waals surface area contributed by atoms with Crippen molar-refractivity contribution in [2.75, 3.05) is 4.90 Å². The van der Waals surface area contributed by atoms with Gasteiger partial charge in [0.05, 0.1) is 5.52 Å². The molecule has 0 unspecified atom stereocenters. The van der Waals surface area contributed by atoms with E-state index in [4.69, 9.17) is 4.42 Å². The third-order valence-corrected chi connectivity index (χ3v) is 18.9. The number of aryl methyl sites for hydroxylation is 3. The standard InChI is InChI=1S/C53H35BN2OSi/c1-30-26-31(2)48(32(3)27-30)33-28-39-36-17-12-18-38-50(36)56(51-37-16-4-8-21-43(37)57-53(38)51)54-40-19-13-25-47-52(40)55(42(29-33)49(39)54)41-20-7-11-24-46(41)58(47)44-22-9-5-14-34(44)35-15-6-10-23-45(35)58/h4-29H,1-3H3. The monoisotopic (exact) mass is 754 g/mol. The Morgan fingerprint density at radius 1 is 0.517 bits per heavy atom. The fourth-order valence-electron chi connectivity index (χ4n) is 12.2. The van der Waals surface area contributed by atoms with Gasteiger partial charge in [-0.2, -0.15) is 0 Å². The quantitative estimate of drug-likeness (QED) is 0.156. The van der Waals surface area contributed by atoms with Gasteiger partial charge in [0, 0.05) is 38.9 Å². The summed E-state index contributed by atoms with van der Waals surface area (Å²) in [6, 6.07) is 60.4. The highest BCUT2D eigenvalue weighted by Crippen LogP contribution is 2.50. The zero-order valence-electron chi connectivity index (χ0n) is 32.4. The molecule has 14 rings (SSSR count). The predicted octanol–water partition coefficient (Wildman–Crippen LogP) is 9.22. The van der Waals surface area contributed by atoms with Crippen molar-refractivity contribution in [1.82, 2.24) is 4.48 Å². The molecule has 0 amide bonds. The van der Waals surface area contributed by atoms with Gasteiger partial charge in [-0.1, -0.05) is 127 Å². The van der Waals surface area contributed by atoms with Gasteiger partial charge >= 0.3 is 6.85 Å². The summed E-state index contributed by atoms with van der Waals surface area (Å²) in [5, 5.41) is 8.24. The van der Waals surface area contributed by atoms with E-state index in [1.807, 2.05) is 0 Å². The zero-order valence-corrected chi connectivity index (χ0v) is 33.4. The van der Waals surface area contributed by atoms with Crippen molar-refractivity contribution in [2.24, 2.45) is 0 Å². The number of rotatable bonds is 1. The lowest BCUT2D eigenvalue weighted by Crippen LogP contribution is -2.77. The topological polar surface area (TPSA) is 21.3 Å². The number of nitrogens with zero attached hydrogens (tertiary/aromatic N) is 2. The minimum atomic E-state index is -2.79. The first-order valence-electron chi connectivity index (χ1n) is 20.5. The number of hydrogen-bond acceptors (Lipinski definition) is 2. The summed E-state index contributed by atoms with van der Waals surface area (Å²) in [4.78, 5) is 2.68. The lowest BCUT2D eigenvalue weighted by atomic mass is 9.45. The second-order valence-electron chi connectivity index (χ2n) is 16.9. The molecule has 6 heterocycles. The number of para-hydroxylation sites is 4. The summed E-state index contributed by atoms with van der Waals surface area (Å²) >= 11 is 0. The van der Waals surface area contributed by atoms with E-state index in [1.54, 1.807) is 0 Å². The maximum Gasteiger partial charge on any atom is 0.333 e. The average Bonchev–Trinajstić information content (AvgIpc) is 3.88. The van der Waals surface area contributed by atoms with Crippen LogP contribution in [0.3, 0.4) is 0 Å². The number of aromatic nitrogens is 1. The molecular formula is C53H35BN2OSi. The smallest absolute Gasteiger partial charge is 0.333 e. The van der Waals surface area contributed by atoms with Crippen LogP contribution < -0.4 is 36.6 Å². The zero-order chi connectivity index (χ0) is 38.2. The van der Waals surface area contributed by atoms with E-state index in [0.29, 0.717) is 0 Å². The first kappa shape index (κ1) is 31.3. The van der Waals surface area contributed by atoms with Crippen molar-refractivity contribution in [3.05, 3.63) is 174 Å². The average molecular weight is 755 g/mol. The molecule has 4 aliphatic rings. The summed E-state index contributed by atoms with van der Waals surface area (Å²) < 4.78 is 9.51. The molecule has 0 fully saturated rings. The van der Waals surface area contributed by atoms with E-state index in [9.17, 15) is 0 Å². The minimum Gasteiger partial charge on any atom is -0.454 e. The van der Waals surface area contributed by atoms with Gasteiger partial charge < -0.3 is 13.8 Å². The highest BCUT2D eigenvalue weighted by molar-refractivity contribution is 7.24. The van der Waals surface area contributed by atoms with Gasteiger partial charge in [-0.3, -0.25) is 0 Å². The second kappa shape index (κ2) is 10.6. The van der Waals surface area contributed by atoms with Crippen LogP contribution in [0.4, 0.5) is 17.1 Å². The first-order chi connectivity index (χ1) is 28.5. The van der Waals surface area contributed by atoms with Crippen LogP contribution in [0.15, 0.2) is 162 Å². The van der Waals surface area contributed by atoms with Crippen LogP contribution in [-0.2, 0) is 0 Å². The fourth-order valence-corrected chi connectivity index (χ4v) is 17.8. The highest BCUT2D eigenvalue weighted by Gasteiger charge is 2.56. The number of benzene rings is 8. The highest BCUT2D eigenvalue weighted by atomic mass is 28.3. The van der Waals surface area contributed by atoms with Crippen LogP contribution >= 0.6 is 0 Å². The number of anilines is 3. The van der Waals surface area contributed by atoms with Gasteiger partial charge in [0.1, 0.15) is 5.58 Å². The number of hydrogen-bond donors (Lipinski definition) is 0. The largest absolute Gasteiger partial charge is 0.454 e. The molecular weight excluding hydrogens is 719 g/mol. The van der Waals surface area contributed by atoms with Gasteiger partial charge in [0.2, 0.25) is 0 Å². The fraction of sp³-hybridized carbons (Fsp3) is 0.0566. The Kier molecular flexibility index (Phi) is 5.70. The van der Waals surface area contributed by atoms with E-state index >= 15 is 0 Å². The normalized spacial score (nSPS) is 14.5. The molecule has 1 spiro atoms. The Morgan fingerprint density at radius 3 is 1.95 bits per heavy atom. The van der Waals surface area contributed by atoms with Gasteiger partial charge in [-0.15, -0.1) is 0 Å². The van der Waals surface area contributed by atoms with E-state index in [-0.39, 0.29) is 6.85 Å². The molecule has 0 bridgehead atoms. The Bertz CT molecular complexity index is 3470. The molecule has 0 atom stereocenters. The van der Waals surface area contributed by atoms with Crippen molar-refractivity contribution in [1.29, 1.82) is 0 Å². The molecule has 2 aromatic heterocycles. The van der Waals surface area contributed by atoms with Crippen LogP contribution in [0.2, 0.25) is 0 Å². The Hall–Kier alpha value is -6.82. The van der Waals surface area contributed by atoms with Gasteiger partial charge in [-0.25, -0.2) is 0 Å². The van der Waals surface area contributed by atoms with Crippen molar-refractivity contribution in [2.45, 2.75) is 20.8 Å². The van der Waals surface area contributed by atoms with Crippen LogP contribution in [0.1, 0.15) is 16.7 Å². The molecule has 5 heteroatoms. The van der Waals surface area contributed by atoms with Gasteiger partial charge in [0.25, 0.3) is 0 Å². The molecule has 270 valence electrons. The van der Waals surface area contributed by atoms with Gasteiger partial charge in [0.15, 0.2) is 13.7 Å². The maximum absolute atomic E-state index is 6.85. The van der Waals surface area contributed by atoms with Crippen LogP contribution in [0.25, 0.3) is 66.4 Å². The van der Waals surface area contributed by atoms with Crippen LogP contribution in [0, 0.1) is 20.8 Å². The summed E-state index contributed by atoms with van der Waals surface area (Å²) in [6.45, 7) is 6.70. The molecule has 0 N–H and O–H groups in total. The minimum absolute atomic E-state index is 0.0652. The lowest BCUT2D eigenvalue weighted by molar-refractivity contribution is 0.673. The summed E-state index contributed by atoms with van der Waals surface area (Å²) in [7, 11) is -2.79. The number of furan rings is 1. The second-order valence-corrected chi connectivity index (χ2v) is 20.6. The molecule has 0 radical (unpaired) electrons. The summed E-state index contributed by atoms with van der Waals surface area (Å²) in [5.74, 6) is 0. The van der Waals surface area contributed by atoms with E-state index in [1.165, 1.54) is 115 Å². The van der Waals surface area contributed by atoms with E-state index < -0.39 is 8.07 Å². The Labute approximate surface area is 337 Å². The molecule has 58 heavy (non-hydrogen) atoms. The van der Waals surface area contributed by atoms with E-state index in [0.717, 1.165) is 16.6 Å². The Morgan fingerprint density at radius 2 is 1.16 bits per heavy atom. The SMILES string of the molecule is Cc1cc(C)c(-c2cc3c4c(c2)N2c5ccccc5[Si]5(c6ccccc6-c6ccccc65)c5cccc(c52)B4n2c4c-3cccc4c3oc4ccccc4c32)c(C)c1. The maximum atomic E-state index is 6.85. The molecule has 0 saturated carbocycles. The third-order valence-electron chi connectivity index (χ3n) is 14.0. The number of fused-ring (bicyclic) bond motifs is 18. The lowest BCUT2D eigenvalue weighted by Gasteiger charge is -2.49. The van der Waals surface area contributed by atoms with Crippen molar-refractivity contribution < 1.29 is 4.42 Å². The van der Waals surface area contributed by atoms with Crippen molar-refractivity contribution >= 4 is 96.6 Å².